The van der Waals surface area contributed by atoms with Crippen molar-refractivity contribution in [2.24, 2.45) is 0 Å². The van der Waals surface area contributed by atoms with Gasteiger partial charge in [-0.2, -0.15) is 0 Å². The third-order valence-corrected chi connectivity index (χ3v) is 3.84. The zero-order chi connectivity index (χ0) is 13.9. The summed E-state index contributed by atoms with van der Waals surface area (Å²) in [5.74, 6) is -0.752. The third-order valence-electron chi connectivity index (χ3n) is 3.84. The van der Waals surface area contributed by atoms with Gasteiger partial charge in [0, 0.05) is 26.2 Å². The van der Waals surface area contributed by atoms with Crippen LogP contribution in [0.3, 0.4) is 0 Å². The summed E-state index contributed by atoms with van der Waals surface area (Å²) in [5.41, 5.74) is 1.16. The first-order valence-corrected chi connectivity index (χ1v) is 6.89. The first-order chi connectivity index (χ1) is 9.74. The number of rotatable bonds is 3. The largest absolute Gasteiger partial charge is 0.480 e. The molecule has 1 aliphatic heterocycles. The normalized spacial score (nSPS) is 20.1. The van der Waals surface area contributed by atoms with Gasteiger partial charge in [-0.05, 0) is 22.4 Å². The summed E-state index contributed by atoms with van der Waals surface area (Å²) >= 11 is 0. The predicted molar refractivity (Wildman–Crippen MR) is 78.7 cm³/mol. The average Bonchev–Trinajstić information content (AvgIpc) is 2.47. The maximum absolute atomic E-state index is 11.3. The number of benzene rings is 2. The van der Waals surface area contributed by atoms with E-state index in [1.807, 2.05) is 17.0 Å². The van der Waals surface area contributed by atoms with E-state index < -0.39 is 12.0 Å². The summed E-state index contributed by atoms with van der Waals surface area (Å²) in [6.07, 6.45) is 0. The molecule has 2 N–H and O–H groups in total. The predicted octanol–water partition coefficient (Wildman–Crippen LogP) is 1.70. The molecule has 3 rings (SSSR count). The van der Waals surface area contributed by atoms with Crippen LogP contribution in [0.5, 0.6) is 0 Å². The Morgan fingerprint density at radius 3 is 2.85 bits per heavy atom. The Balaban J connectivity index is 1.82. The van der Waals surface area contributed by atoms with Crippen molar-refractivity contribution in [2.75, 3.05) is 19.6 Å². The molecular formula is C16H18N2O2. The highest BCUT2D eigenvalue weighted by Gasteiger charge is 2.27. The number of aliphatic carboxylic acids is 1. The number of fused-ring (bicyclic) bond motifs is 1. The van der Waals surface area contributed by atoms with E-state index in [1.54, 1.807) is 0 Å². The fraction of sp³-hybridized carbons (Fsp3) is 0.312. The second-order valence-electron chi connectivity index (χ2n) is 5.21. The molecule has 0 aliphatic carbocycles. The van der Waals surface area contributed by atoms with Crippen LogP contribution in [0.25, 0.3) is 10.8 Å². The molecule has 104 valence electrons. The van der Waals surface area contributed by atoms with Crippen molar-refractivity contribution >= 4 is 16.7 Å². The fourth-order valence-corrected chi connectivity index (χ4v) is 2.75. The minimum absolute atomic E-state index is 0.435. The summed E-state index contributed by atoms with van der Waals surface area (Å²) in [6.45, 7) is 2.81. The molecule has 0 saturated carbocycles. The molecule has 4 heteroatoms. The zero-order valence-corrected chi connectivity index (χ0v) is 11.2. The van der Waals surface area contributed by atoms with Crippen LogP contribution in [0, 0.1) is 0 Å². The molecule has 2 aromatic carbocycles. The smallest absolute Gasteiger partial charge is 0.322 e. The van der Waals surface area contributed by atoms with E-state index in [1.165, 1.54) is 10.8 Å². The Morgan fingerprint density at radius 2 is 2.05 bits per heavy atom. The molecule has 4 nitrogen and oxygen atoms in total. The number of carboxylic acids is 1. The van der Waals surface area contributed by atoms with Crippen molar-refractivity contribution in [3.8, 4) is 0 Å². The van der Waals surface area contributed by atoms with Gasteiger partial charge in [-0.3, -0.25) is 9.69 Å². The van der Waals surface area contributed by atoms with E-state index in [2.05, 4.69) is 35.6 Å². The molecule has 0 bridgehead atoms. The first-order valence-electron chi connectivity index (χ1n) is 6.89. The Kier molecular flexibility index (Phi) is 3.67. The molecule has 2 aromatic rings. The lowest BCUT2D eigenvalue weighted by atomic mass is 10.1. The Labute approximate surface area is 118 Å². The summed E-state index contributed by atoms with van der Waals surface area (Å²) in [7, 11) is 0. The lowest BCUT2D eigenvalue weighted by Gasteiger charge is -2.33. The van der Waals surface area contributed by atoms with E-state index in [-0.39, 0.29) is 0 Å². The van der Waals surface area contributed by atoms with Crippen LogP contribution in [-0.2, 0) is 11.3 Å². The Bertz CT molecular complexity index is 627. The molecule has 0 amide bonds. The number of piperazine rings is 1. The molecule has 1 heterocycles. The van der Waals surface area contributed by atoms with Crippen LogP contribution in [-0.4, -0.2) is 41.7 Å². The highest BCUT2D eigenvalue weighted by molar-refractivity contribution is 5.83. The lowest BCUT2D eigenvalue weighted by Crippen LogP contribution is -2.54. The van der Waals surface area contributed by atoms with Crippen molar-refractivity contribution < 1.29 is 9.90 Å². The Hall–Kier alpha value is -1.91. The summed E-state index contributed by atoms with van der Waals surface area (Å²) in [6, 6.07) is 14.1. The van der Waals surface area contributed by atoms with E-state index in [0.717, 1.165) is 18.7 Å². The summed E-state index contributed by atoms with van der Waals surface area (Å²) in [4.78, 5) is 13.3. The first kappa shape index (κ1) is 13.1. The molecule has 1 saturated heterocycles. The van der Waals surface area contributed by atoms with Gasteiger partial charge in [-0.15, -0.1) is 0 Å². The fourth-order valence-electron chi connectivity index (χ4n) is 2.75. The van der Waals surface area contributed by atoms with Crippen molar-refractivity contribution in [3.05, 3.63) is 48.0 Å². The molecule has 1 fully saturated rings. The van der Waals surface area contributed by atoms with Gasteiger partial charge in [0.25, 0.3) is 0 Å². The van der Waals surface area contributed by atoms with Crippen molar-refractivity contribution in [1.82, 2.24) is 10.2 Å². The third kappa shape index (κ3) is 2.66. The van der Waals surface area contributed by atoms with Crippen molar-refractivity contribution in [1.29, 1.82) is 0 Å². The highest BCUT2D eigenvalue weighted by Crippen LogP contribution is 2.18. The van der Waals surface area contributed by atoms with Gasteiger partial charge in [0.1, 0.15) is 6.04 Å². The van der Waals surface area contributed by atoms with Gasteiger partial charge < -0.3 is 10.4 Å². The maximum atomic E-state index is 11.3. The number of nitrogens with one attached hydrogen (secondary N) is 1. The van der Waals surface area contributed by atoms with Crippen LogP contribution in [0.2, 0.25) is 0 Å². The molecule has 1 unspecified atom stereocenters. The number of carbonyl (C=O) groups is 1. The molecular weight excluding hydrogens is 252 g/mol. The van der Waals surface area contributed by atoms with Crippen LogP contribution < -0.4 is 5.32 Å². The number of nitrogens with zero attached hydrogens (tertiary/aromatic N) is 1. The summed E-state index contributed by atoms with van der Waals surface area (Å²) in [5, 5.41) is 14.8. The van der Waals surface area contributed by atoms with Gasteiger partial charge in [0.2, 0.25) is 0 Å². The van der Waals surface area contributed by atoms with Crippen LogP contribution in [0.1, 0.15) is 5.56 Å². The minimum Gasteiger partial charge on any atom is -0.480 e. The standard InChI is InChI=1S/C16H18N2O2/c19-16(20)15-10-17-7-8-18(15)11-12-5-6-13-3-1-2-4-14(13)9-12/h1-6,9,15,17H,7-8,10-11H2,(H,19,20). The van der Waals surface area contributed by atoms with E-state index >= 15 is 0 Å². The van der Waals surface area contributed by atoms with Crippen LogP contribution >= 0.6 is 0 Å². The maximum Gasteiger partial charge on any atom is 0.322 e. The topological polar surface area (TPSA) is 52.6 Å². The summed E-state index contributed by atoms with van der Waals surface area (Å²) < 4.78 is 0. The van der Waals surface area contributed by atoms with E-state index in [9.17, 15) is 9.90 Å². The molecule has 0 spiro atoms. The van der Waals surface area contributed by atoms with Crippen LogP contribution in [0.15, 0.2) is 42.5 Å². The number of carboxylic acid groups (broad SMARTS) is 1. The van der Waals surface area contributed by atoms with Crippen LogP contribution in [0.4, 0.5) is 0 Å². The van der Waals surface area contributed by atoms with Gasteiger partial charge in [0.15, 0.2) is 0 Å². The monoisotopic (exact) mass is 270 g/mol. The van der Waals surface area contributed by atoms with Gasteiger partial charge in [-0.25, -0.2) is 0 Å². The van der Waals surface area contributed by atoms with E-state index in [4.69, 9.17) is 0 Å². The zero-order valence-electron chi connectivity index (χ0n) is 11.2. The number of hydrogen-bond acceptors (Lipinski definition) is 3. The quantitative estimate of drug-likeness (QED) is 0.891. The second kappa shape index (κ2) is 5.61. The van der Waals surface area contributed by atoms with Crippen molar-refractivity contribution in [2.45, 2.75) is 12.6 Å². The molecule has 1 aliphatic rings. The minimum atomic E-state index is -0.752. The van der Waals surface area contributed by atoms with Crippen molar-refractivity contribution in [3.63, 3.8) is 0 Å². The molecule has 0 aromatic heterocycles. The molecule has 1 atom stereocenters. The average molecular weight is 270 g/mol. The Morgan fingerprint density at radius 1 is 1.25 bits per heavy atom. The highest BCUT2D eigenvalue weighted by atomic mass is 16.4. The van der Waals surface area contributed by atoms with Gasteiger partial charge in [-0.1, -0.05) is 36.4 Å². The number of hydrogen-bond donors (Lipinski definition) is 2. The lowest BCUT2D eigenvalue weighted by molar-refractivity contribution is -0.144. The van der Waals surface area contributed by atoms with Gasteiger partial charge in [0.05, 0.1) is 0 Å². The SMILES string of the molecule is O=C(O)C1CNCCN1Cc1ccc2ccccc2c1. The van der Waals surface area contributed by atoms with E-state index in [0.29, 0.717) is 13.1 Å². The van der Waals surface area contributed by atoms with Gasteiger partial charge >= 0.3 is 5.97 Å². The molecule has 0 radical (unpaired) electrons. The second-order valence-corrected chi connectivity index (χ2v) is 5.21. The molecule has 20 heavy (non-hydrogen) atoms.